The van der Waals surface area contributed by atoms with Gasteiger partial charge in [-0.05, 0) is 0 Å². The van der Waals surface area contributed by atoms with Crippen molar-refractivity contribution in [1.82, 2.24) is 0 Å². The van der Waals surface area contributed by atoms with Crippen molar-refractivity contribution in [1.29, 1.82) is 0 Å². The molecule has 0 fully saturated rings. The van der Waals surface area contributed by atoms with Gasteiger partial charge in [-0.1, -0.05) is 0 Å². The van der Waals surface area contributed by atoms with Crippen LogP contribution < -0.4 is 0 Å². The molecule has 15 heavy (non-hydrogen) atoms. The third kappa shape index (κ3) is 145. The predicted molar refractivity (Wildman–Crippen MR) is 0 cm³/mol. The fourth-order valence-corrected chi connectivity index (χ4v) is 0. The van der Waals surface area contributed by atoms with Crippen molar-refractivity contribution in [3.05, 3.63) is 0 Å². The molecule has 0 aromatic rings. The second-order valence-electron chi connectivity index (χ2n) is 0. The Morgan fingerprint density at radius 3 is 0.133 bits per heavy atom. The van der Waals surface area contributed by atoms with Crippen LogP contribution in [0.25, 0.3) is 0 Å². The second-order valence-corrected chi connectivity index (χ2v) is 0. The van der Waals surface area contributed by atoms with Crippen LogP contribution in [0.1, 0.15) is 0 Å². The molecular formula is Cu4Ni11. The van der Waals surface area contributed by atoms with E-state index in [0.717, 1.165) is 0 Å². The summed E-state index contributed by atoms with van der Waals surface area (Å²) in [5.41, 5.74) is 0. The van der Waals surface area contributed by atoms with Crippen molar-refractivity contribution in [2.24, 2.45) is 0 Å². The Hall–Kier alpha value is 7.51. The van der Waals surface area contributed by atoms with Crippen LogP contribution in [-0.4, -0.2) is 0 Å². The minimum Gasteiger partial charge on any atom is 0 e. The molecule has 0 amide bonds. The minimum atomic E-state index is 0. The van der Waals surface area contributed by atoms with Gasteiger partial charge in [-0.3, -0.25) is 0 Å². The van der Waals surface area contributed by atoms with E-state index in [0.29, 0.717) is 0 Å². The Kier molecular flexibility index (Phi) is 1980. The average molecular weight is 900 g/mol. The zero-order valence-corrected chi connectivity index (χ0v) is 19.3. The molecular weight excluding hydrogens is 900 g/mol. The zero-order chi connectivity index (χ0) is 0. The molecule has 0 spiro atoms. The Bertz CT molecular complexity index is 12.5. The Labute approximate surface area is 244 Å². The molecule has 0 aliphatic rings. The third-order valence-corrected chi connectivity index (χ3v) is 0. The molecule has 0 nitrogen and oxygen atoms in total. The first-order valence-corrected chi connectivity index (χ1v) is 0. The van der Waals surface area contributed by atoms with Gasteiger partial charge < -0.3 is 0 Å². The van der Waals surface area contributed by atoms with Crippen molar-refractivity contribution >= 4 is 0 Å². The van der Waals surface area contributed by atoms with Crippen LogP contribution in [0.5, 0.6) is 0 Å². The van der Waals surface area contributed by atoms with E-state index < -0.39 is 0 Å². The van der Waals surface area contributed by atoms with Crippen LogP contribution >= 0.6 is 0 Å². The molecule has 0 aliphatic carbocycles. The van der Waals surface area contributed by atoms with Gasteiger partial charge in [0, 0.05) is 250 Å². The number of rotatable bonds is 0. The summed E-state index contributed by atoms with van der Waals surface area (Å²) in [6, 6.07) is 0. The van der Waals surface area contributed by atoms with E-state index in [-0.39, 0.29) is 250 Å². The summed E-state index contributed by atoms with van der Waals surface area (Å²) >= 11 is 0. The van der Waals surface area contributed by atoms with Crippen LogP contribution in [0.15, 0.2) is 0 Å². The maximum absolute atomic E-state index is 0. The summed E-state index contributed by atoms with van der Waals surface area (Å²) in [4.78, 5) is 0. The van der Waals surface area contributed by atoms with Gasteiger partial charge in [-0.2, -0.15) is 0 Å². The first-order valence-electron chi connectivity index (χ1n) is 0. The van der Waals surface area contributed by atoms with E-state index >= 15 is 0 Å². The van der Waals surface area contributed by atoms with Gasteiger partial charge in [-0.25, -0.2) is 0 Å². The molecule has 0 aromatic heterocycles. The van der Waals surface area contributed by atoms with Gasteiger partial charge in [0.1, 0.15) is 0 Å². The molecule has 0 rings (SSSR count). The quantitative estimate of drug-likeness (QED) is 0.300. The summed E-state index contributed by atoms with van der Waals surface area (Å²) in [5.74, 6) is 0. The van der Waals surface area contributed by atoms with Crippen molar-refractivity contribution in [2.75, 3.05) is 0 Å². The molecule has 4 radical (unpaired) electrons. The maximum atomic E-state index is 0. The Morgan fingerprint density at radius 1 is 0.133 bits per heavy atom. The van der Waals surface area contributed by atoms with Crippen molar-refractivity contribution in [3.8, 4) is 0 Å². The predicted octanol–water partition coefficient (Wildman–Crippen LogP) is -0.0375. The molecule has 0 atom stereocenters. The van der Waals surface area contributed by atoms with E-state index in [9.17, 15) is 0 Å². The SMILES string of the molecule is [Cu].[Cu].[Cu].[Cu].[Ni].[Ni].[Ni].[Ni].[Ni].[Ni].[Ni].[Ni].[Ni].[Ni].[Ni]. The van der Waals surface area contributed by atoms with Gasteiger partial charge >= 0.3 is 0 Å². The van der Waals surface area contributed by atoms with Crippen molar-refractivity contribution < 1.29 is 250 Å². The molecule has 0 N–H and O–H groups in total. The molecule has 0 unspecified atom stereocenters. The maximum Gasteiger partial charge on any atom is 0 e. The molecule has 15 heteroatoms. The van der Waals surface area contributed by atoms with Crippen LogP contribution in [-0.2, 0) is 250 Å². The Balaban J connectivity index is 0. The first-order chi connectivity index (χ1) is 0. The molecule has 0 saturated heterocycles. The van der Waals surface area contributed by atoms with Gasteiger partial charge in [0.05, 0.1) is 0 Å². The van der Waals surface area contributed by atoms with Crippen molar-refractivity contribution in [2.45, 2.75) is 0 Å². The van der Waals surface area contributed by atoms with Gasteiger partial charge in [0.25, 0.3) is 0 Å². The smallest absolute Gasteiger partial charge is 0 e. The topological polar surface area (TPSA) is 0 Å². The third-order valence-electron chi connectivity index (χ3n) is 0. The molecule has 0 aromatic carbocycles. The molecule has 0 aliphatic heterocycles. The van der Waals surface area contributed by atoms with Gasteiger partial charge in [-0.15, -0.1) is 0 Å². The summed E-state index contributed by atoms with van der Waals surface area (Å²) in [6.45, 7) is 0. The van der Waals surface area contributed by atoms with E-state index in [1.165, 1.54) is 0 Å². The van der Waals surface area contributed by atoms with Crippen molar-refractivity contribution in [3.63, 3.8) is 0 Å². The number of hydrogen-bond acceptors (Lipinski definition) is 0. The summed E-state index contributed by atoms with van der Waals surface area (Å²) in [5, 5.41) is 0. The molecule has 0 bridgehead atoms. The van der Waals surface area contributed by atoms with E-state index in [1.54, 1.807) is 0 Å². The summed E-state index contributed by atoms with van der Waals surface area (Å²) in [7, 11) is 0. The number of hydrogen-bond donors (Lipinski definition) is 0. The van der Waals surface area contributed by atoms with Crippen LogP contribution in [0.4, 0.5) is 0 Å². The fourth-order valence-electron chi connectivity index (χ4n) is 0. The van der Waals surface area contributed by atoms with E-state index in [2.05, 4.69) is 0 Å². The van der Waals surface area contributed by atoms with E-state index in [1.807, 2.05) is 0 Å². The Morgan fingerprint density at radius 2 is 0.133 bits per heavy atom. The average Bonchev–Trinajstić information content (AvgIpc) is 0. The minimum absolute atomic E-state index is 0. The summed E-state index contributed by atoms with van der Waals surface area (Å²) < 4.78 is 0. The molecule has 154 valence electrons. The second kappa shape index (κ2) is 161. The van der Waals surface area contributed by atoms with Gasteiger partial charge in [0.15, 0.2) is 0 Å². The molecule has 0 saturated carbocycles. The van der Waals surface area contributed by atoms with Crippen LogP contribution in [0.2, 0.25) is 0 Å². The zero-order valence-electron chi connectivity index (χ0n) is 4.68. The normalized spacial score (nSPS) is 0. The standard InChI is InChI=1S/4Cu.11Ni. The largest absolute Gasteiger partial charge is 0 e. The monoisotopic (exact) mass is 889 g/mol. The fraction of sp³-hybridized carbons (Fsp3) is 0. The van der Waals surface area contributed by atoms with Gasteiger partial charge in [0.2, 0.25) is 0 Å². The first kappa shape index (κ1) is 185. The van der Waals surface area contributed by atoms with Crippen LogP contribution in [0, 0.1) is 0 Å². The molecule has 0 heterocycles. The van der Waals surface area contributed by atoms with Crippen LogP contribution in [0.3, 0.4) is 0 Å². The summed E-state index contributed by atoms with van der Waals surface area (Å²) in [6.07, 6.45) is 0. The van der Waals surface area contributed by atoms with E-state index in [4.69, 9.17) is 0 Å².